The van der Waals surface area contributed by atoms with Crippen LogP contribution in [0.15, 0.2) is 24.3 Å². The van der Waals surface area contributed by atoms with Gasteiger partial charge in [0.2, 0.25) is 0 Å². The SMILES string of the molecule is CCc1cccc(C)c1NC(=O)c1cc(N2CCN(C)CC2)nc(C)n1. The molecule has 1 N–H and O–H groups in total. The lowest BCUT2D eigenvalue weighted by molar-refractivity contribution is 0.102. The number of hydrogen-bond acceptors (Lipinski definition) is 5. The Hall–Kier alpha value is -2.47. The molecule has 1 fully saturated rings. The molecule has 1 aromatic heterocycles. The van der Waals surface area contributed by atoms with E-state index in [4.69, 9.17) is 0 Å². The Kier molecular flexibility index (Phi) is 5.52. The van der Waals surface area contributed by atoms with Gasteiger partial charge in [-0.2, -0.15) is 0 Å². The summed E-state index contributed by atoms with van der Waals surface area (Å²) < 4.78 is 0. The van der Waals surface area contributed by atoms with Crippen molar-refractivity contribution >= 4 is 17.4 Å². The second-order valence-electron chi connectivity index (χ2n) is 6.87. The van der Waals surface area contributed by atoms with Crippen LogP contribution < -0.4 is 10.2 Å². The molecule has 0 unspecified atom stereocenters. The number of rotatable bonds is 4. The fourth-order valence-corrected chi connectivity index (χ4v) is 3.25. The summed E-state index contributed by atoms with van der Waals surface area (Å²) in [6.07, 6.45) is 0.868. The summed E-state index contributed by atoms with van der Waals surface area (Å²) in [5.41, 5.74) is 3.49. The Morgan fingerprint density at radius 2 is 1.88 bits per heavy atom. The smallest absolute Gasteiger partial charge is 0.274 e. The minimum absolute atomic E-state index is 0.185. The Bertz CT molecular complexity index is 797. The first kappa shape index (κ1) is 18.3. The number of anilines is 2. The molecule has 138 valence electrons. The number of carbonyl (C=O) groups excluding carboxylic acids is 1. The average molecular weight is 353 g/mol. The molecule has 3 rings (SSSR count). The van der Waals surface area contributed by atoms with Gasteiger partial charge in [0.25, 0.3) is 5.91 Å². The summed E-state index contributed by atoms with van der Waals surface area (Å²) in [7, 11) is 2.12. The minimum Gasteiger partial charge on any atom is -0.354 e. The first-order chi connectivity index (χ1) is 12.5. The predicted octanol–water partition coefficient (Wildman–Crippen LogP) is 2.66. The van der Waals surface area contributed by atoms with Gasteiger partial charge in [-0.15, -0.1) is 0 Å². The van der Waals surface area contributed by atoms with Crippen LogP contribution in [0.25, 0.3) is 0 Å². The maximum Gasteiger partial charge on any atom is 0.274 e. The molecule has 0 atom stereocenters. The molecule has 0 spiro atoms. The highest BCUT2D eigenvalue weighted by Crippen LogP contribution is 2.22. The Morgan fingerprint density at radius 1 is 1.15 bits per heavy atom. The third kappa shape index (κ3) is 4.02. The molecule has 0 bridgehead atoms. The Morgan fingerprint density at radius 3 is 2.58 bits per heavy atom. The van der Waals surface area contributed by atoms with Crippen molar-refractivity contribution in [3.8, 4) is 0 Å². The number of carbonyl (C=O) groups is 1. The predicted molar refractivity (Wildman–Crippen MR) is 105 cm³/mol. The van der Waals surface area contributed by atoms with Crippen LogP contribution in [0, 0.1) is 13.8 Å². The number of aromatic nitrogens is 2. The van der Waals surface area contributed by atoms with Gasteiger partial charge in [-0.3, -0.25) is 4.79 Å². The first-order valence-corrected chi connectivity index (χ1v) is 9.17. The standard InChI is InChI=1S/C20H27N5O/c1-5-16-8-6-7-14(2)19(16)23-20(26)17-13-18(22-15(3)21-17)25-11-9-24(4)10-12-25/h6-8,13H,5,9-12H2,1-4H3,(H,23,26). The molecule has 1 aromatic carbocycles. The fourth-order valence-electron chi connectivity index (χ4n) is 3.25. The highest BCUT2D eigenvalue weighted by molar-refractivity contribution is 6.04. The number of para-hydroxylation sites is 1. The van der Waals surface area contributed by atoms with Crippen molar-refractivity contribution in [3.63, 3.8) is 0 Å². The number of amides is 1. The number of hydrogen-bond donors (Lipinski definition) is 1. The molecule has 26 heavy (non-hydrogen) atoms. The highest BCUT2D eigenvalue weighted by atomic mass is 16.1. The van der Waals surface area contributed by atoms with E-state index in [-0.39, 0.29) is 5.91 Å². The summed E-state index contributed by atoms with van der Waals surface area (Å²) in [6.45, 7) is 9.74. The zero-order valence-corrected chi connectivity index (χ0v) is 16.0. The van der Waals surface area contributed by atoms with Crippen LogP contribution in [0.4, 0.5) is 11.5 Å². The summed E-state index contributed by atoms with van der Waals surface area (Å²) >= 11 is 0. The topological polar surface area (TPSA) is 61.4 Å². The van der Waals surface area contributed by atoms with Crippen LogP contribution in [0.1, 0.15) is 34.4 Å². The summed E-state index contributed by atoms with van der Waals surface area (Å²) in [5.74, 6) is 1.26. The molecule has 1 aliphatic rings. The average Bonchev–Trinajstić information content (AvgIpc) is 2.63. The number of nitrogens with zero attached hydrogens (tertiary/aromatic N) is 4. The van der Waals surface area contributed by atoms with E-state index in [1.54, 1.807) is 6.07 Å². The number of piperazine rings is 1. The van der Waals surface area contributed by atoms with Crippen LogP contribution in [-0.2, 0) is 6.42 Å². The van der Waals surface area contributed by atoms with E-state index < -0.39 is 0 Å². The molecule has 1 amide bonds. The highest BCUT2D eigenvalue weighted by Gasteiger charge is 2.19. The van der Waals surface area contributed by atoms with Crippen molar-refractivity contribution in [2.75, 3.05) is 43.4 Å². The van der Waals surface area contributed by atoms with Crippen molar-refractivity contribution in [3.05, 3.63) is 46.9 Å². The second kappa shape index (κ2) is 7.83. The fraction of sp³-hybridized carbons (Fsp3) is 0.450. The van der Waals surface area contributed by atoms with Gasteiger partial charge in [0, 0.05) is 37.9 Å². The summed E-state index contributed by atoms with van der Waals surface area (Å²) in [6, 6.07) is 7.88. The summed E-state index contributed by atoms with van der Waals surface area (Å²) in [4.78, 5) is 26.3. The molecule has 2 aromatic rings. The normalized spacial score (nSPS) is 15.2. The second-order valence-corrected chi connectivity index (χ2v) is 6.87. The van der Waals surface area contributed by atoms with E-state index >= 15 is 0 Å². The van der Waals surface area contributed by atoms with Gasteiger partial charge in [-0.1, -0.05) is 25.1 Å². The third-order valence-electron chi connectivity index (χ3n) is 4.86. The molecule has 2 heterocycles. The quantitative estimate of drug-likeness (QED) is 0.916. The van der Waals surface area contributed by atoms with Crippen LogP contribution in [0.3, 0.4) is 0 Å². The number of nitrogens with one attached hydrogen (secondary N) is 1. The molecule has 0 aliphatic carbocycles. The largest absolute Gasteiger partial charge is 0.354 e. The van der Waals surface area contributed by atoms with E-state index in [0.29, 0.717) is 11.5 Å². The lowest BCUT2D eigenvalue weighted by Gasteiger charge is -2.33. The number of aryl methyl sites for hydroxylation is 3. The minimum atomic E-state index is -0.185. The van der Waals surface area contributed by atoms with Crippen molar-refractivity contribution in [2.24, 2.45) is 0 Å². The third-order valence-corrected chi connectivity index (χ3v) is 4.86. The van der Waals surface area contributed by atoms with E-state index in [9.17, 15) is 4.79 Å². The monoisotopic (exact) mass is 353 g/mol. The van der Waals surface area contributed by atoms with E-state index in [1.807, 2.05) is 32.0 Å². The Labute approximate surface area is 155 Å². The van der Waals surface area contributed by atoms with E-state index in [0.717, 1.165) is 55.2 Å². The maximum absolute atomic E-state index is 12.8. The van der Waals surface area contributed by atoms with Crippen molar-refractivity contribution in [1.29, 1.82) is 0 Å². The van der Waals surface area contributed by atoms with Crippen molar-refractivity contribution in [1.82, 2.24) is 14.9 Å². The van der Waals surface area contributed by atoms with Gasteiger partial charge in [0.1, 0.15) is 17.3 Å². The molecule has 6 nitrogen and oxygen atoms in total. The first-order valence-electron chi connectivity index (χ1n) is 9.17. The number of benzene rings is 1. The van der Waals surface area contributed by atoms with Crippen LogP contribution in [0.2, 0.25) is 0 Å². The van der Waals surface area contributed by atoms with Crippen LogP contribution in [-0.4, -0.2) is 54.0 Å². The van der Waals surface area contributed by atoms with Gasteiger partial charge >= 0.3 is 0 Å². The van der Waals surface area contributed by atoms with Crippen LogP contribution in [0.5, 0.6) is 0 Å². The van der Waals surface area contributed by atoms with Crippen molar-refractivity contribution in [2.45, 2.75) is 27.2 Å². The van der Waals surface area contributed by atoms with Crippen molar-refractivity contribution < 1.29 is 4.79 Å². The van der Waals surface area contributed by atoms with Gasteiger partial charge < -0.3 is 15.1 Å². The van der Waals surface area contributed by atoms with E-state index in [2.05, 4.69) is 39.1 Å². The zero-order valence-electron chi connectivity index (χ0n) is 16.0. The molecule has 0 radical (unpaired) electrons. The summed E-state index contributed by atoms with van der Waals surface area (Å²) in [5, 5.41) is 3.05. The molecular formula is C20H27N5O. The van der Waals surface area contributed by atoms with Crippen LogP contribution >= 0.6 is 0 Å². The molecule has 0 saturated carbocycles. The molecule has 1 saturated heterocycles. The van der Waals surface area contributed by atoms with Gasteiger partial charge in [0.15, 0.2) is 0 Å². The van der Waals surface area contributed by atoms with E-state index in [1.165, 1.54) is 0 Å². The lowest BCUT2D eigenvalue weighted by atomic mass is 10.1. The molecule has 6 heteroatoms. The maximum atomic E-state index is 12.8. The van der Waals surface area contributed by atoms with Gasteiger partial charge in [-0.25, -0.2) is 9.97 Å². The van der Waals surface area contributed by atoms with Gasteiger partial charge in [0.05, 0.1) is 0 Å². The lowest BCUT2D eigenvalue weighted by Crippen LogP contribution is -2.45. The number of likely N-dealkylation sites (N-methyl/N-ethyl adjacent to an activating group) is 1. The zero-order chi connectivity index (χ0) is 18.7. The molecule has 1 aliphatic heterocycles. The Balaban J connectivity index is 1.84. The van der Waals surface area contributed by atoms with Gasteiger partial charge in [-0.05, 0) is 38.4 Å². The molecular weight excluding hydrogens is 326 g/mol.